The molecule has 1 saturated heterocycles. The predicted octanol–water partition coefficient (Wildman–Crippen LogP) is 4.73. The van der Waals surface area contributed by atoms with Crippen LogP contribution in [0.4, 0.5) is 0 Å². The molecular weight excluding hydrogens is 364 g/mol. The quantitative estimate of drug-likeness (QED) is 0.791. The molecule has 1 aliphatic carbocycles. The van der Waals surface area contributed by atoms with Crippen molar-refractivity contribution in [3.05, 3.63) is 36.2 Å². The van der Waals surface area contributed by atoms with Crippen molar-refractivity contribution in [1.82, 2.24) is 9.88 Å². The SMILES string of the molecule is CC(C)(C)[C@H]1CC[C@H](Oc2ccc3cc(CN4CC(C(=O)O)C4)ncc3c2)CC1. The number of pyridine rings is 1. The summed E-state index contributed by atoms with van der Waals surface area (Å²) in [6, 6.07) is 8.35. The summed E-state index contributed by atoms with van der Waals surface area (Å²) in [7, 11) is 0. The average Bonchev–Trinajstić information content (AvgIpc) is 2.63. The largest absolute Gasteiger partial charge is 0.490 e. The van der Waals surface area contributed by atoms with Crippen molar-refractivity contribution in [1.29, 1.82) is 0 Å². The average molecular weight is 397 g/mol. The third kappa shape index (κ3) is 4.72. The lowest BCUT2D eigenvalue weighted by Gasteiger charge is -2.37. The molecule has 2 aromatic rings. The summed E-state index contributed by atoms with van der Waals surface area (Å²) in [5.41, 5.74) is 1.37. The van der Waals surface area contributed by atoms with Gasteiger partial charge in [0, 0.05) is 31.2 Å². The van der Waals surface area contributed by atoms with E-state index in [1.807, 2.05) is 6.20 Å². The second kappa shape index (κ2) is 7.94. The minimum atomic E-state index is -0.702. The standard InChI is InChI=1S/C24H32N2O3/c1-24(2,3)19-5-8-21(9-6-19)29-22-7-4-16-10-20(25-12-17(16)11-22)15-26-13-18(14-26)23(27)28/h4,7,10-12,18-19,21H,5-6,8-9,13-15H2,1-3H3,(H,27,28)/t19-,21-. The van der Waals surface area contributed by atoms with Gasteiger partial charge in [0.15, 0.2) is 0 Å². The Bertz CT molecular complexity index is 875. The number of carboxylic acid groups (broad SMARTS) is 1. The maximum atomic E-state index is 10.9. The third-order valence-electron chi connectivity index (χ3n) is 6.64. The molecule has 156 valence electrons. The van der Waals surface area contributed by atoms with Crippen LogP contribution in [0.3, 0.4) is 0 Å². The van der Waals surface area contributed by atoms with Gasteiger partial charge in [0.1, 0.15) is 5.75 Å². The van der Waals surface area contributed by atoms with Crippen LogP contribution in [0.5, 0.6) is 5.75 Å². The maximum absolute atomic E-state index is 10.9. The second-order valence-corrected chi connectivity index (χ2v) is 9.87. The van der Waals surface area contributed by atoms with Crippen LogP contribution in [0.2, 0.25) is 0 Å². The molecule has 0 unspecified atom stereocenters. The van der Waals surface area contributed by atoms with E-state index < -0.39 is 5.97 Å². The first-order chi connectivity index (χ1) is 13.8. The molecule has 4 rings (SSSR count). The zero-order valence-electron chi connectivity index (χ0n) is 17.7. The Balaban J connectivity index is 1.35. The Morgan fingerprint density at radius 2 is 1.86 bits per heavy atom. The summed E-state index contributed by atoms with van der Waals surface area (Å²) in [6.45, 7) is 8.95. The van der Waals surface area contributed by atoms with Crippen molar-refractivity contribution in [3.8, 4) is 5.75 Å². The molecule has 0 bridgehead atoms. The molecule has 1 aromatic carbocycles. The highest BCUT2D eigenvalue weighted by atomic mass is 16.5. The molecule has 1 aromatic heterocycles. The van der Waals surface area contributed by atoms with Gasteiger partial charge in [0.2, 0.25) is 0 Å². The number of nitrogens with zero attached hydrogens (tertiary/aromatic N) is 2. The van der Waals surface area contributed by atoms with E-state index in [1.165, 1.54) is 12.8 Å². The van der Waals surface area contributed by atoms with E-state index in [4.69, 9.17) is 9.84 Å². The minimum absolute atomic E-state index is 0.228. The molecule has 1 N–H and O–H groups in total. The van der Waals surface area contributed by atoms with E-state index in [9.17, 15) is 4.79 Å². The van der Waals surface area contributed by atoms with Gasteiger partial charge >= 0.3 is 5.97 Å². The van der Waals surface area contributed by atoms with Crippen molar-refractivity contribution in [3.63, 3.8) is 0 Å². The smallest absolute Gasteiger partial charge is 0.309 e. The number of likely N-dealkylation sites (tertiary alicyclic amines) is 1. The Kier molecular flexibility index (Phi) is 5.52. The number of ether oxygens (including phenoxy) is 1. The molecule has 29 heavy (non-hydrogen) atoms. The molecule has 1 saturated carbocycles. The van der Waals surface area contributed by atoms with Gasteiger partial charge in [0.25, 0.3) is 0 Å². The van der Waals surface area contributed by atoms with Crippen molar-refractivity contribution in [2.24, 2.45) is 17.3 Å². The van der Waals surface area contributed by atoms with Crippen LogP contribution in [0, 0.1) is 17.3 Å². The molecule has 0 spiro atoms. The second-order valence-electron chi connectivity index (χ2n) is 9.87. The molecule has 0 radical (unpaired) electrons. The predicted molar refractivity (Wildman–Crippen MR) is 114 cm³/mol. The Morgan fingerprint density at radius 3 is 2.52 bits per heavy atom. The van der Waals surface area contributed by atoms with Crippen molar-refractivity contribution < 1.29 is 14.6 Å². The maximum Gasteiger partial charge on any atom is 0.309 e. The number of aliphatic carboxylic acids is 1. The van der Waals surface area contributed by atoms with E-state index in [2.05, 4.69) is 54.9 Å². The van der Waals surface area contributed by atoms with Gasteiger partial charge < -0.3 is 9.84 Å². The number of aromatic nitrogens is 1. The molecule has 2 heterocycles. The molecule has 0 amide bonds. The molecule has 2 aliphatic rings. The summed E-state index contributed by atoms with van der Waals surface area (Å²) < 4.78 is 6.29. The lowest BCUT2D eigenvalue weighted by atomic mass is 9.72. The Morgan fingerprint density at radius 1 is 1.14 bits per heavy atom. The highest BCUT2D eigenvalue weighted by Gasteiger charge is 2.32. The monoisotopic (exact) mass is 396 g/mol. The van der Waals surface area contributed by atoms with Crippen LogP contribution in [0.25, 0.3) is 10.8 Å². The fourth-order valence-electron chi connectivity index (χ4n) is 4.65. The zero-order chi connectivity index (χ0) is 20.6. The lowest BCUT2D eigenvalue weighted by molar-refractivity contribution is -0.147. The number of hydrogen-bond donors (Lipinski definition) is 1. The normalized spacial score (nSPS) is 23.7. The van der Waals surface area contributed by atoms with Gasteiger partial charge in [0.05, 0.1) is 17.7 Å². The minimum Gasteiger partial charge on any atom is -0.490 e. The molecule has 5 heteroatoms. The lowest BCUT2D eigenvalue weighted by Crippen LogP contribution is -2.49. The summed E-state index contributed by atoms with van der Waals surface area (Å²) in [6.07, 6.45) is 6.96. The van der Waals surface area contributed by atoms with E-state index in [1.54, 1.807) is 0 Å². The van der Waals surface area contributed by atoms with Gasteiger partial charge in [-0.2, -0.15) is 0 Å². The van der Waals surface area contributed by atoms with E-state index in [0.717, 1.165) is 41.0 Å². The number of carbonyl (C=O) groups is 1. The topological polar surface area (TPSA) is 62.7 Å². The van der Waals surface area contributed by atoms with Crippen LogP contribution in [0.1, 0.15) is 52.1 Å². The molecule has 2 fully saturated rings. The zero-order valence-corrected chi connectivity index (χ0v) is 17.7. The van der Waals surface area contributed by atoms with Gasteiger partial charge in [-0.05, 0) is 60.6 Å². The summed E-state index contributed by atoms with van der Waals surface area (Å²) in [5.74, 6) is 0.790. The van der Waals surface area contributed by atoms with Crippen LogP contribution in [-0.4, -0.2) is 40.2 Å². The first-order valence-electron chi connectivity index (χ1n) is 10.8. The van der Waals surface area contributed by atoms with Crippen LogP contribution in [0.15, 0.2) is 30.5 Å². The number of benzene rings is 1. The number of rotatable bonds is 5. The molecule has 5 nitrogen and oxygen atoms in total. The molecule has 0 atom stereocenters. The Hall–Kier alpha value is -2.14. The number of hydrogen-bond acceptors (Lipinski definition) is 4. The third-order valence-corrected chi connectivity index (χ3v) is 6.64. The molecule has 1 aliphatic heterocycles. The van der Waals surface area contributed by atoms with E-state index in [-0.39, 0.29) is 5.92 Å². The van der Waals surface area contributed by atoms with Crippen LogP contribution in [-0.2, 0) is 11.3 Å². The van der Waals surface area contributed by atoms with Gasteiger partial charge in [-0.3, -0.25) is 14.7 Å². The molecular formula is C24H32N2O3. The summed E-state index contributed by atoms with van der Waals surface area (Å²) >= 11 is 0. The highest BCUT2D eigenvalue weighted by molar-refractivity contribution is 5.83. The van der Waals surface area contributed by atoms with Crippen molar-refractivity contribution in [2.75, 3.05) is 13.1 Å². The van der Waals surface area contributed by atoms with E-state index in [0.29, 0.717) is 31.2 Å². The first-order valence-corrected chi connectivity index (χ1v) is 10.8. The summed E-state index contributed by atoms with van der Waals surface area (Å²) in [5, 5.41) is 11.2. The number of carboxylic acids is 1. The fourth-order valence-corrected chi connectivity index (χ4v) is 4.65. The van der Waals surface area contributed by atoms with Crippen LogP contribution >= 0.6 is 0 Å². The summed E-state index contributed by atoms with van der Waals surface area (Å²) in [4.78, 5) is 17.6. The van der Waals surface area contributed by atoms with E-state index >= 15 is 0 Å². The van der Waals surface area contributed by atoms with Crippen molar-refractivity contribution >= 4 is 16.7 Å². The van der Waals surface area contributed by atoms with Crippen molar-refractivity contribution in [2.45, 2.75) is 59.1 Å². The highest BCUT2D eigenvalue weighted by Crippen LogP contribution is 2.39. The van der Waals surface area contributed by atoms with Crippen LogP contribution < -0.4 is 4.74 Å². The first kappa shape index (κ1) is 20.1. The van der Waals surface area contributed by atoms with Gasteiger partial charge in [-0.25, -0.2) is 0 Å². The van der Waals surface area contributed by atoms with Gasteiger partial charge in [-0.1, -0.05) is 26.8 Å². The van der Waals surface area contributed by atoms with Gasteiger partial charge in [-0.15, -0.1) is 0 Å². The Labute approximate surface area is 173 Å². The number of fused-ring (bicyclic) bond motifs is 1. The fraction of sp³-hybridized carbons (Fsp3) is 0.583.